The number of fused-ring (bicyclic) bond motifs is 1. The number of hydrogen-bond donors (Lipinski definition) is 3. The molecule has 0 atom stereocenters. The second-order valence-electron chi connectivity index (χ2n) is 7.62. The summed E-state index contributed by atoms with van der Waals surface area (Å²) in [6.45, 7) is 0.502. The highest BCUT2D eigenvalue weighted by Gasteiger charge is 2.14. The Hall–Kier alpha value is -4.43. The van der Waals surface area contributed by atoms with Crippen LogP contribution in [0.15, 0.2) is 85.2 Å². The molecule has 2 aromatic heterocycles. The van der Waals surface area contributed by atoms with Crippen LogP contribution in [0.25, 0.3) is 11.2 Å². The predicted molar refractivity (Wildman–Crippen MR) is 134 cm³/mol. The van der Waals surface area contributed by atoms with Gasteiger partial charge in [0.25, 0.3) is 5.91 Å². The van der Waals surface area contributed by atoms with Crippen LogP contribution in [-0.2, 0) is 6.54 Å². The Labute approximate surface area is 200 Å². The summed E-state index contributed by atoms with van der Waals surface area (Å²) in [4.78, 5) is 25.7. The number of nitrogen functional groups attached to an aromatic ring is 1. The summed E-state index contributed by atoms with van der Waals surface area (Å²) >= 11 is 6.20. The van der Waals surface area contributed by atoms with Crippen molar-refractivity contribution in [2.75, 3.05) is 16.4 Å². The van der Waals surface area contributed by atoms with Gasteiger partial charge in [0.2, 0.25) is 5.28 Å². The van der Waals surface area contributed by atoms with E-state index in [2.05, 4.69) is 25.6 Å². The van der Waals surface area contributed by atoms with Gasteiger partial charge in [-0.3, -0.25) is 4.79 Å². The first kappa shape index (κ1) is 21.4. The zero-order valence-corrected chi connectivity index (χ0v) is 18.7. The summed E-state index contributed by atoms with van der Waals surface area (Å²) in [7, 11) is 0. The van der Waals surface area contributed by atoms with Gasteiger partial charge < -0.3 is 20.9 Å². The van der Waals surface area contributed by atoms with Gasteiger partial charge in [-0.1, -0.05) is 42.5 Å². The van der Waals surface area contributed by atoms with Gasteiger partial charge in [0.1, 0.15) is 0 Å². The van der Waals surface area contributed by atoms with Crippen molar-refractivity contribution in [2.24, 2.45) is 0 Å². The van der Waals surface area contributed by atoms with E-state index < -0.39 is 0 Å². The monoisotopic (exact) mass is 469 g/mol. The van der Waals surface area contributed by atoms with E-state index in [1.165, 1.54) is 0 Å². The molecule has 168 valence electrons. The molecule has 0 aliphatic heterocycles. The van der Waals surface area contributed by atoms with Gasteiger partial charge in [-0.15, -0.1) is 0 Å². The third-order valence-electron chi connectivity index (χ3n) is 5.25. The molecule has 4 N–H and O–H groups in total. The topological polar surface area (TPSA) is 111 Å². The van der Waals surface area contributed by atoms with E-state index in [-0.39, 0.29) is 11.2 Å². The van der Waals surface area contributed by atoms with Crippen molar-refractivity contribution in [1.29, 1.82) is 0 Å². The van der Waals surface area contributed by atoms with Gasteiger partial charge in [0, 0.05) is 11.3 Å². The second-order valence-corrected chi connectivity index (χ2v) is 7.95. The van der Waals surface area contributed by atoms with Crippen molar-refractivity contribution < 1.29 is 4.79 Å². The minimum absolute atomic E-state index is 0.125. The lowest BCUT2D eigenvalue weighted by molar-refractivity contribution is 0.102. The summed E-state index contributed by atoms with van der Waals surface area (Å²) in [5, 5.41) is 6.20. The molecular formula is C25H20ClN7O. The molecule has 0 radical (unpaired) electrons. The van der Waals surface area contributed by atoms with Crippen molar-refractivity contribution >= 4 is 51.6 Å². The highest BCUT2D eigenvalue weighted by molar-refractivity contribution is 6.28. The molecule has 0 bridgehead atoms. The first-order chi connectivity index (χ1) is 16.6. The van der Waals surface area contributed by atoms with E-state index in [0.717, 1.165) is 11.3 Å². The largest absolute Gasteiger partial charge is 0.397 e. The number of aromatic nitrogens is 4. The van der Waals surface area contributed by atoms with E-state index >= 15 is 0 Å². The molecule has 3 aromatic carbocycles. The molecule has 5 aromatic rings. The normalized spacial score (nSPS) is 10.9. The van der Waals surface area contributed by atoms with E-state index in [1.54, 1.807) is 30.6 Å². The van der Waals surface area contributed by atoms with Crippen molar-refractivity contribution in [2.45, 2.75) is 6.54 Å². The number of nitrogens with one attached hydrogen (secondary N) is 2. The summed E-state index contributed by atoms with van der Waals surface area (Å²) < 4.78 is 1.89. The number of halogens is 1. The van der Waals surface area contributed by atoms with E-state index in [9.17, 15) is 4.79 Å². The Morgan fingerprint density at radius 3 is 2.44 bits per heavy atom. The first-order valence-electron chi connectivity index (χ1n) is 10.5. The molecule has 2 heterocycles. The fraction of sp³-hybridized carbons (Fsp3) is 0.0400. The SMILES string of the molecule is Nc1ccccc1NC(=O)c1ccc(Cn2cnc3c(Nc4ccccc4)nc(Cl)nc32)cc1. The summed E-state index contributed by atoms with van der Waals surface area (Å²) in [6.07, 6.45) is 1.70. The van der Waals surface area contributed by atoms with E-state index in [1.807, 2.05) is 59.2 Å². The minimum Gasteiger partial charge on any atom is -0.397 e. The molecule has 0 spiro atoms. The van der Waals surface area contributed by atoms with Crippen molar-refractivity contribution in [1.82, 2.24) is 19.5 Å². The maximum Gasteiger partial charge on any atom is 0.255 e. The molecule has 9 heteroatoms. The number of rotatable bonds is 6. The van der Waals surface area contributed by atoms with Gasteiger partial charge in [-0.05, 0) is 53.6 Å². The van der Waals surface area contributed by atoms with Gasteiger partial charge in [-0.25, -0.2) is 4.98 Å². The van der Waals surface area contributed by atoms with Crippen LogP contribution in [0.2, 0.25) is 5.28 Å². The summed E-state index contributed by atoms with van der Waals surface area (Å²) in [5.74, 6) is 0.306. The van der Waals surface area contributed by atoms with E-state index in [0.29, 0.717) is 40.5 Å². The molecule has 1 amide bonds. The quantitative estimate of drug-likeness (QED) is 0.235. The minimum atomic E-state index is -0.228. The molecule has 0 unspecified atom stereocenters. The molecule has 0 aliphatic carbocycles. The number of benzene rings is 3. The Balaban J connectivity index is 1.35. The molecular weight excluding hydrogens is 450 g/mol. The first-order valence-corrected chi connectivity index (χ1v) is 10.9. The van der Waals surface area contributed by atoms with Crippen molar-refractivity contribution in [3.8, 4) is 0 Å². The van der Waals surface area contributed by atoms with Gasteiger partial charge >= 0.3 is 0 Å². The molecule has 0 aliphatic rings. The van der Waals surface area contributed by atoms with Crippen LogP contribution in [-0.4, -0.2) is 25.4 Å². The Morgan fingerprint density at radius 1 is 0.941 bits per heavy atom. The molecule has 34 heavy (non-hydrogen) atoms. The number of para-hydroxylation sites is 3. The predicted octanol–water partition coefficient (Wildman–Crippen LogP) is 5.11. The summed E-state index contributed by atoms with van der Waals surface area (Å²) in [6, 6.07) is 24.1. The lowest BCUT2D eigenvalue weighted by atomic mass is 10.1. The maximum atomic E-state index is 12.6. The number of carbonyl (C=O) groups excluding carboxylic acids is 1. The number of imidazole rings is 1. The zero-order valence-electron chi connectivity index (χ0n) is 17.9. The molecule has 5 rings (SSSR count). The number of anilines is 4. The van der Waals surface area contributed by atoms with Crippen LogP contribution in [0.4, 0.5) is 22.9 Å². The second kappa shape index (κ2) is 9.21. The third-order valence-corrected chi connectivity index (χ3v) is 5.42. The summed E-state index contributed by atoms with van der Waals surface area (Å²) in [5.41, 5.74) is 10.6. The van der Waals surface area contributed by atoms with Gasteiger partial charge in [0.05, 0.1) is 24.2 Å². The van der Waals surface area contributed by atoms with Crippen LogP contribution < -0.4 is 16.4 Å². The Bertz CT molecular complexity index is 1470. The molecule has 8 nitrogen and oxygen atoms in total. The Kier molecular flexibility index (Phi) is 5.80. The number of nitrogens with two attached hydrogens (primary N) is 1. The standard InChI is InChI=1S/C25H20ClN7O/c26-25-31-22(29-18-6-2-1-3-7-18)21-23(32-25)33(15-28-21)14-16-10-12-17(13-11-16)24(34)30-20-9-5-4-8-19(20)27/h1-13,15H,14,27H2,(H,30,34)(H,29,31,32). The number of amides is 1. The Morgan fingerprint density at radius 2 is 1.68 bits per heavy atom. The third kappa shape index (κ3) is 4.53. The lowest BCUT2D eigenvalue weighted by Gasteiger charge is -2.09. The van der Waals surface area contributed by atoms with Crippen LogP contribution in [0.1, 0.15) is 15.9 Å². The van der Waals surface area contributed by atoms with Crippen LogP contribution in [0, 0.1) is 0 Å². The van der Waals surface area contributed by atoms with Crippen LogP contribution in [0.5, 0.6) is 0 Å². The fourth-order valence-corrected chi connectivity index (χ4v) is 3.71. The number of hydrogen-bond acceptors (Lipinski definition) is 6. The molecule has 0 saturated heterocycles. The van der Waals surface area contributed by atoms with Crippen molar-refractivity contribution in [3.05, 3.63) is 102 Å². The smallest absolute Gasteiger partial charge is 0.255 e. The lowest BCUT2D eigenvalue weighted by Crippen LogP contribution is -2.13. The van der Waals surface area contributed by atoms with Gasteiger partial charge in [0.15, 0.2) is 17.0 Å². The van der Waals surface area contributed by atoms with Crippen LogP contribution >= 0.6 is 11.6 Å². The van der Waals surface area contributed by atoms with Crippen molar-refractivity contribution in [3.63, 3.8) is 0 Å². The van der Waals surface area contributed by atoms with Gasteiger partial charge in [-0.2, -0.15) is 9.97 Å². The fourth-order valence-electron chi connectivity index (χ4n) is 3.54. The number of nitrogens with zero attached hydrogens (tertiary/aromatic N) is 4. The number of carbonyl (C=O) groups is 1. The van der Waals surface area contributed by atoms with Crippen LogP contribution in [0.3, 0.4) is 0 Å². The average molecular weight is 470 g/mol. The van der Waals surface area contributed by atoms with E-state index in [4.69, 9.17) is 17.3 Å². The molecule has 0 saturated carbocycles. The highest BCUT2D eigenvalue weighted by atomic mass is 35.5. The highest BCUT2D eigenvalue weighted by Crippen LogP contribution is 2.25. The maximum absolute atomic E-state index is 12.6. The molecule has 0 fully saturated rings. The zero-order chi connectivity index (χ0) is 23.5. The average Bonchev–Trinajstić information content (AvgIpc) is 3.24.